The van der Waals surface area contributed by atoms with Gasteiger partial charge in [0.25, 0.3) is 0 Å². The highest BCUT2D eigenvalue weighted by atomic mass is 31.2. The second-order valence-corrected chi connectivity index (χ2v) is 2.55. The van der Waals surface area contributed by atoms with Crippen LogP contribution in [0.3, 0.4) is 0 Å². The van der Waals surface area contributed by atoms with Crippen molar-refractivity contribution in [3.8, 4) is 0 Å². The highest BCUT2D eigenvalue weighted by Crippen LogP contribution is 2.25. The van der Waals surface area contributed by atoms with E-state index < -0.39 is 19.9 Å². The number of rotatable bonds is 1. The second kappa shape index (κ2) is 5.22. The lowest BCUT2D eigenvalue weighted by atomic mass is 10.4. The molecule has 0 radical (unpaired) electrons. The Morgan fingerprint density at radius 1 is 1.36 bits per heavy atom. The zero-order valence-electron chi connectivity index (χ0n) is 5.58. The number of aliphatic hydroxyl groups is 1. The Hall–Kier alpha value is -0.460. The molecule has 8 heteroatoms. The van der Waals surface area contributed by atoms with E-state index >= 15 is 0 Å². The molecule has 0 aliphatic heterocycles. The first-order chi connectivity index (χ1) is 4.64. The maximum Gasteiger partial charge on any atom is 0.466 e. The van der Waals surface area contributed by atoms with Crippen molar-refractivity contribution in [2.75, 3.05) is 0 Å². The van der Waals surface area contributed by atoms with Gasteiger partial charge in [0, 0.05) is 0 Å². The Labute approximate surface area is 62.2 Å². The molecule has 0 heterocycles. The van der Waals surface area contributed by atoms with Gasteiger partial charge in [-0.05, 0) is 6.92 Å². The lowest BCUT2D eigenvalue weighted by Gasteiger charge is -1.89. The van der Waals surface area contributed by atoms with E-state index in [2.05, 4.69) is 0 Å². The molecule has 0 aromatic carbocycles. The lowest BCUT2D eigenvalue weighted by Crippen LogP contribution is -2.13. The molecule has 0 bridgehead atoms. The summed E-state index contributed by atoms with van der Waals surface area (Å²) in [5.41, 5.74) is 0. The van der Waals surface area contributed by atoms with Gasteiger partial charge in [-0.15, -0.1) is 0 Å². The molecule has 68 valence electrons. The first kappa shape index (κ1) is 13.2. The first-order valence-corrected chi connectivity index (χ1v) is 3.90. The Bertz CT molecular complexity index is 149. The standard InChI is InChI=1S/C3H6O3.H3O4P/c1-2(4)3(5)6;1-5(2,3)4/h2,4H,1H3,(H,5,6);(H3,1,2,3,4). The molecule has 1 atom stereocenters. The van der Waals surface area contributed by atoms with E-state index in [-0.39, 0.29) is 0 Å². The van der Waals surface area contributed by atoms with Gasteiger partial charge >= 0.3 is 13.8 Å². The van der Waals surface area contributed by atoms with Gasteiger partial charge in [0.05, 0.1) is 0 Å². The summed E-state index contributed by atoms with van der Waals surface area (Å²) in [6, 6.07) is 0. The number of hydrogen-bond donors (Lipinski definition) is 5. The normalized spacial score (nSPS) is 12.8. The van der Waals surface area contributed by atoms with Crippen molar-refractivity contribution in [3.05, 3.63) is 0 Å². The molecule has 0 saturated carbocycles. The Balaban J connectivity index is 0. The topological polar surface area (TPSA) is 135 Å². The van der Waals surface area contributed by atoms with E-state index in [1.807, 2.05) is 0 Å². The van der Waals surface area contributed by atoms with Gasteiger partial charge in [-0.2, -0.15) is 0 Å². The van der Waals surface area contributed by atoms with E-state index in [9.17, 15) is 4.79 Å². The van der Waals surface area contributed by atoms with E-state index in [4.69, 9.17) is 29.5 Å². The average Bonchev–Trinajstić information content (AvgIpc) is 1.59. The summed E-state index contributed by atoms with van der Waals surface area (Å²) in [5, 5.41) is 15.8. The maximum atomic E-state index is 9.45. The van der Waals surface area contributed by atoms with Crippen LogP contribution in [-0.4, -0.2) is 37.0 Å². The molecule has 11 heavy (non-hydrogen) atoms. The van der Waals surface area contributed by atoms with Crippen molar-refractivity contribution in [3.63, 3.8) is 0 Å². The molecular weight excluding hydrogens is 179 g/mol. The quantitative estimate of drug-likeness (QED) is 0.316. The number of carbonyl (C=O) groups is 1. The van der Waals surface area contributed by atoms with E-state index in [0.29, 0.717) is 0 Å². The van der Waals surface area contributed by atoms with Crippen molar-refractivity contribution in [2.24, 2.45) is 0 Å². The molecule has 0 rings (SSSR count). The van der Waals surface area contributed by atoms with E-state index in [1.54, 1.807) is 0 Å². The summed E-state index contributed by atoms with van der Waals surface area (Å²) >= 11 is 0. The van der Waals surface area contributed by atoms with Gasteiger partial charge in [0.15, 0.2) is 0 Å². The lowest BCUT2D eigenvalue weighted by molar-refractivity contribution is -0.145. The molecule has 0 spiro atoms. The summed E-state index contributed by atoms with van der Waals surface area (Å²) in [7, 11) is -4.64. The van der Waals surface area contributed by atoms with Gasteiger partial charge in [0.2, 0.25) is 0 Å². The van der Waals surface area contributed by atoms with Crippen LogP contribution in [0.5, 0.6) is 0 Å². The monoisotopic (exact) mass is 188 g/mol. The van der Waals surface area contributed by atoms with Crippen LogP contribution in [0.15, 0.2) is 0 Å². The number of phosphoric acid groups is 1. The molecule has 5 N–H and O–H groups in total. The van der Waals surface area contributed by atoms with Crippen LogP contribution < -0.4 is 0 Å². The zero-order chi connectivity index (χ0) is 9.65. The van der Waals surface area contributed by atoms with Crippen molar-refractivity contribution >= 4 is 13.8 Å². The first-order valence-electron chi connectivity index (χ1n) is 2.33. The number of hydrogen-bond acceptors (Lipinski definition) is 3. The number of carboxylic acid groups (broad SMARTS) is 1. The predicted octanol–water partition coefficient (Wildman–Crippen LogP) is -1.48. The fourth-order valence-corrected chi connectivity index (χ4v) is 0. The van der Waals surface area contributed by atoms with Crippen molar-refractivity contribution in [2.45, 2.75) is 13.0 Å². The highest BCUT2D eigenvalue weighted by molar-refractivity contribution is 7.45. The third kappa shape index (κ3) is 43.3. The minimum absolute atomic E-state index is 1.19. The molecule has 0 saturated heterocycles. The van der Waals surface area contributed by atoms with Crippen LogP contribution in [0.1, 0.15) is 6.92 Å². The van der Waals surface area contributed by atoms with Crippen LogP contribution in [0.4, 0.5) is 0 Å². The molecule has 0 aromatic rings. The van der Waals surface area contributed by atoms with Crippen LogP contribution in [0.25, 0.3) is 0 Å². The zero-order valence-corrected chi connectivity index (χ0v) is 6.47. The molecule has 1 unspecified atom stereocenters. The largest absolute Gasteiger partial charge is 0.479 e. The predicted molar refractivity (Wildman–Crippen MR) is 33.6 cm³/mol. The van der Waals surface area contributed by atoms with Gasteiger partial charge in [0.1, 0.15) is 6.10 Å². The van der Waals surface area contributed by atoms with Crippen molar-refractivity contribution < 1.29 is 34.3 Å². The number of aliphatic carboxylic acids is 1. The molecular formula is C3H9O7P. The summed E-state index contributed by atoms with van der Waals surface area (Å²) in [5.74, 6) is -1.19. The van der Waals surface area contributed by atoms with Crippen LogP contribution in [0.2, 0.25) is 0 Å². The Kier molecular flexibility index (Phi) is 6.25. The minimum Gasteiger partial charge on any atom is -0.479 e. The fourth-order valence-electron chi connectivity index (χ4n) is 0. The van der Waals surface area contributed by atoms with Crippen LogP contribution in [0, 0.1) is 0 Å². The van der Waals surface area contributed by atoms with Crippen LogP contribution >= 0.6 is 7.82 Å². The smallest absolute Gasteiger partial charge is 0.466 e. The van der Waals surface area contributed by atoms with E-state index in [0.717, 1.165) is 0 Å². The second-order valence-electron chi connectivity index (χ2n) is 1.53. The maximum absolute atomic E-state index is 9.45. The Morgan fingerprint density at radius 3 is 1.45 bits per heavy atom. The van der Waals surface area contributed by atoms with Gasteiger partial charge in [-0.25, -0.2) is 9.36 Å². The highest BCUT2D eigenvalue weighted by Gasteiger charge is 2.01. The fraction of sp³-hybridized carbons (Fsp3) is 0.667. The Morgan fingerprint density at radius 2 is 1.45 bits per heavy atom. The summed E-state index contributed by atoms with van der Waals surface area (Å²) in [4.78, 5) is 31.0. The third-order valence-corrected chi connectivity index (χ3v) is 0.357. The molecule has 0 fully saturated rings. The SMILES string of the molecule is CC(O)C(=O)O.O=P(O)(O)O. The van der Waals surface area contributed by atoms with Crippen molar-refractivity contribution in [1.29, 1.82) is 0 Å². The molecule has 0 amide bonds. The van der Waals surface area contributed by atoms with E-state index in [1.165, 1.54) is 6.92 Å². The summed E-state index contributed by atoms with van der Waals surface area (Å²) < 4.78 is 8.88. The van der Waals surface area contributed by atoms with Gasteiger partial charge < -0.3 is 24.9 Å². The van der Waals surface area contributed by atoms with Gasteiger partial charge in [-0.3, -0.25) is 0 Å². The van der Waals surface area contributed by atoms with Crippen LogP contribution in [-0.2, 0) is 9.36 Å². The number of carboxylic acids is 1. The molecule has 0 aliphatic rings. The molecule has 0 aliphatic carbocycles. The third-order valence-electron chi connectivity index (χ3n) is 0.357. The molecule has 7 nitrogen and oxygen atoms in total. The number of aliphatic hydroxyl groups excluding tert-OH is 1. The minimum atomic E-state index is -4.64. The molecule has 0 aromatic heterocycles. The van der Waals surface area contributed by atoms with Crippen molar-refractivity contribution in [1.82, 2.24) is 0 Å². The summed E-state index contributed by atoms with van der Waals surface area (Å²) in [6.45, 7) is 1.20. The van der Waals surface area contributed by atoms with Gasteiger partial charge in [-0.1, -0.05) is 0 Å². The average molecular weight is 188 g/mol. The summed E-state index contributed by atoms with van der Waals surface area (Å²) in [6.07, 6.45) is -1.23.